The zero-order valence-corrected chi connectivity index (χ0v) is 33.3. The standard InChI is InChI=1S/C58H42/c1-57(2)50-30-29-37(33-48(50)55-39-19-6-5-16-35(39)28-31-51(55)57)36-17-15-18-38(32-36)53-42-22-9-11-24-44(42)54(45-25-12-10-23-43(45)53)47-34-52-56(41-21-8-7-20-40(41)47)46-26-13-14-27-49(46)58(52,3)4/h5-34H,1-4H3. The second-order valence-electron chi connectivity index (χ2n) is 17.6. The molecule has 12 rings (SSSR count). The van der Waals surface area contributed by atoms with Crippen molar-refractivity contribution in [1.82, 2.24) is 0 Å². The molecule has 0 N–H and O–H groups in total. The van der Waals surface area contributed by atoms with Crippen molar-refractivity contribution < 1.29 is 0 Å². The van der Waals surface area contributed by atoms with Gasteiger partial charge in [-0.2, -0.15) is 0 Å². The van der Waals surface area contributed by atoms with Crippen molar-refractivity contribution in [3.05, 3.63) is 204 Å². The molecular weight excluding hydrogens is 697 g/mol. The summed E-state index contributed by atoms with van der Waals surface area (Å²) in [7, 11) is 0. The smallest absolute Gasteiger partial charge is 0.0159 e. The summed E-state index contributed by atoms with van der Waals surface area (Å²) < 4.78 is 0. The van der Waals surface area contributed by atoms with Crippen LogP contribution in [-0.2, 0) is 10.8 Å². The van der Waals surface area contributed by atoms with Crippen LogP contribution in [0.1, 0.15) is 49.9 Å². The van der Waals surface area contributed by atoms with E-state index in [1.165, 1.54) is 121 Å². The predicted molar refractivity (Wildman–Crippen MR) is 248 cm³/mol. The molecule has 10 aromatic carbocycles. The SMILES string of the molecule is CC1(C)c2ccc(-c3cccc(-c4c5ccccc5c(-c5cc6c(c7ccccc57)-c5ccccc5C6(C)C)c5ccccc45)c3)cc2-c2c1ccc1ccccc21. The molecule has 0 heterocycles. The van der Waals surface area contributed by atoms with Crippen molar-refractivity contribution in [1.29, 1.82) is 0 Å². The zero-order chi connectivity index (χ0) is 38.9. The largest absolute Gasteiger partial charge is 0.0619 e. The van der Waals surface area contributed by atoms with Gasteiger partial charge < -0.3 is 0 Å². The van der Waals surface area contributed by atoms with Gasteiger partial charge in [0, 0.05) is 10.8 Å². The van der Waals surface area contributed by atoms with Gasteiger partial charge in [0.2, 0.25) is 0 Å². The molecule has 0 spiro atoms. The van der Waals surface area contributed by atoms with Crippen molar-refractivity contribution in [2.45, 2.75) is 38.5 Å². The Morgan fingerprint density at radius 2 is 0.759 bits per heavy atom. The third-order valence-corrected chi connectivity index (χ3v) is 13.8. The first-order valence-electron chi connectivity index (χ1n) is 20.7. The molecule has 2 aliphatic carbocycles. The third-order valence-electron chi connectivity index (χ3n) is 13.8. The van der Waals surface area contributed by atoms with Crippen molar-refractivity contribution in [2.24, 2.45) is 0 Å². The van der Waals surface area contributed by atoms with E-state index in [1.54, 1.807) is 0 Å². The highest BCUT2D eigenvalue weighted by molar-refractivity contribution is 6.24. The molecule has 58 heavy (non-hydrogen) atoms. The van der Waals surface area contributed by atoms with E-state index in [4.69, 9.17) is 0 Å². The van der Waals surface area contributed by atoms with Crippen molar-refractivity contribution >= 4 is 43.1 Å². The molecule has 0 unspecified atom stereocenters. The van der Waals surface area contributed by atoms with E-state index in [0.29, 0.717) is 0 Å². The summed E-state index contributed by atoms with van der Waals surface area (Å²) in [6.45, 7) is 9.53. The van der Waals surface area contributed by atoms with Crippen LogP contribution in [-0.4, -0.2) is 0 Å². The fraction of sp³-hybridized carbons (Fsp3) is 0.103. The minimum atomic E-state index is -0.112. The van der Waals surface area contributed by atoms with Crippen LogP contribution in [0.5, 0.6) is 0 Å². The van der Waals surface area contributed by atoms with E-state index in [2.05, 4.69) is 210 Å². The quantitative estimate of drug-likeness (QED) is 0.158. The van der Waals surface area contributed by atoms with Gasteiger partial charge in [0.1, 0.15) is 0 Å². The Balaban J connectivity index is 1.08. The van der Waals surface area contributed by atoms with E-state index in [9.17, 15) is 0 Å². The molecule has 2 aliphatic rings. The first-order valence-corrected chi connectivity index (χ1v) is 20.7. The van der Waals surface area contributed by atoms with Gasteiger partial charge in [-0.15, -0.1) is 0 Å². The Morgan fingerprint density at radius 3 is 1.48 bits per heavy atom. The maximum absolute atomic E-state index is 2.53. The van der Waals surface area contributed by atoms with E-state index in [-0.39, 0.29) is 10.8 Å². The monoisotopic (exact) mass is 738 g/mol. The van der Waals surface area contributed by atoms with Crippen molar-refractivity contribution in [3.8, 4) is 55.6 Å². The molecule has 10 aromatic rings. The molecular formula is C58H42. The van der Waals surface area contributed by atoms with Crippen LogP contribution in [0.25, 0.3) is 98.7 Å². The van der Waals surface area contributed by atoms with E-state index < -0.39 is 0 Å². The first kappa shape index (κ1) is 33.4. The van der Waals surface area contributed by atoms with Crippen LogP contribution in [0, 0.1) is 0 Å². The summed E-state index contributed by atoms with van der Waals surface area (Å²) in [4.78, 5) is 0. The average Bonchev–Trinajstić information content (AvgIpc) is 3.64. The molecule has 0 radical (unpaired) electrons. The van der Waals surface area contributed by atoms with E-state index in [1.807, 2.05) is 0 Å². The van der Waals surface area contributed by atoms with Gasteiger partial charge in [0.05, 0.1) is 0 Å². The normalized spacial score (nSPS) is 14.5. The highest BCUT2D eigenvalue weighted by atomic mass is 14.4. The molecule has 0 saturated heterocycles. The van der Waals surface area contributed by atoms with E-state index >= 15 is 0 Å². The Morgan fingerprint density at radius 1 is 0.259 bits per heavy atom. The summed E-state index contributed by atoms with van der Waals surface area (Å²) >= 11 is 0. The first-order chi connectivity index (χ1) is 28.3. The molecule has 0 saturated carbocycles. The molecule has 0 fully saturated rings. The van der Waals surface area contributed by atoms with Crippen LogP contribution in [0.4, 0.5) is 0 Å². The van der Waals surface area contributed by atoms with Gasteiger partial charge in [-0.25, -0.2) is 0 Å². The molecule has 0 heteroatoms. The Labute approximate surface area is 340 Å². The van der Waals surface area contributed by atoms with Crippen LogP contribution >= 0.6 is 0 Å². The highest BCUT2D eigenvalue weighted by Gasteiger charge is 2.38. The number of fused-ring (bicyclic) bond motifs is 12. The summed E-state index contributed by atoms with van der Waals surface area (Å²) in [5.41, 5.74) is 18.5. The lowest BCUT2D eigenvalue weighted by molar-refractivity contribution is 0.661. The van der Waals surface area contributed by atoms with Crippen LogP contribution in [0.15, 0.2) is 182 Å². The Kier molecular flexibility index (Phi) is 6.84. The zero-order valence-electron chi connectivity index (χ0n) is 33.3. The maximum Gasteiger partial charge on any atom is 0.0159 e. The molecule has 274 valence electrons. The predicted octanol–water partition coefficient (Wildman–Crippen LogP) is 15.9. The van der Waals surface area contributed by atoms with E-state index in [0.717, 1.165) is 0 Å². The van der Waals surface area contributed by atoms with Crippen molar-refractivity contribution in [2.75, 3.05) is 0 Å². The summed E-state index contributed by atoms with van der Waals surface area (Å²) in [5, 5.41) is 10.4. The molecule has 0 atom stereocenters. The Bertz CT molecular complexity index is 3330. The average molecular weight is 739 g/mol. The molecule has 0 amide bonds. The minimum absolute atomic E-state index is 0.0570. The van der Waals surface area contributed by atoms with Crippen LogP contribution in [0.3, 0.4) is 0 Å². The van der Waals surface area contributed by atoms with Gasteiger partial charge in [-0.3, -0.25) is 0 Å². The fourth-order valence-electron chi connectivity index (χ4n) is 11.0. The van der Waals surface area contributed by atoms with Crippen LogP contribution in [0.2, 0.25) is 0 Å². The second kappa shape index (κ2) is 11.9. The molecule has 0 bridgehead atoms. The molecule has 0 aromatic heterocycles. The van der Waals surface area contributed by atoms with Gasteiger partial charge in [-0.1, -0.05) is 191 Å². The third kappa shape index (κ3) is 4.46. The number of hydrogen-bond acceptors (Lipinski definition) is 0. The van der Waals surface area contributed by atoms with Crippen molar-refractivity contribution in [3.63, 3.8) is 0 Å². The highest BCUT2D eigenvalue weighted by Crippen LogP contribution is 2.56. The molecule has 0 aliphatic heterocycles. The Hall–Kier alpha value is -6.76. The number of benzene rings is 10. The minimum Gasteiger partial charge on any atom is -0.0619 e. The van der Waals surface area contributed by atoms with Crippen LogP contribution < -0.4 is 0 Å². The van der Waals surface area contributed by atoms with Gasteiger partial charge in [0.15, 0.2) is 0 Å². The lowest BCUT2D eigenvalue weighted by Crippen LogP contribution is -2.15. The maximum atomic E-state index is 2.53. The summed E-state index contributed by atoms with van der Waals surface area (Å²) in [6.07, 6.45) is 0. The number of rotatable bonds is 3. The topological polar surface area (TPSA) is 0 Å². The fourth-order valence-corrected chi connectivity index (χ4v) is 11.0. The lowest BCUT2D eigenvalue weighted by Gasteiger charge is -2.24. The summed E-state index contributed by atoms with van der Waals surface area (Å²) in [5.74, 6) is 0. The van der Waals surface area contributed by atoms with Gasteiger partial charge >= 0.3 is 0 Å². The van der Waals surface area contributed by atoms with Gasteiger partial charge in [0.25, 0.3) is 0 Å². The summed E-state index contributed by atoms with van der Waals surface area (Å²) in [6, 6.07) is 68.7. The lowest BCUT2D eigenvalue weighted by atomic mass is 9.79. The van der Waals surface area contributed by atoms with Gasteiger partial charge in [-0.05, 0) is 139 Å². The number of hydrogen-bond donors (Lipinski definition) is 0. The molecule has 0 nitrogen and oxygen atoms in total. The second-order valence-corrected chi connectivity index (χ2v) is 17.6.